The minimum absolute atomic E-state index is 0.558. The molecule has 0 saturated carbocycles. The highest BCUT2D eigenvalue weighted by atomic mass is 32.1. The number of aromatic nitrogens is 2. The van der Waals surface area contributed by atoms with Gasteiger partial charge in [-0.05, 0) is 12.2 Å². The number of hydrogen-bond donors (Lipinski definition) is 2. The first-order valence-electron chi connectivity index (χ1n) is 3.09. The monoisotopic (exact) mass is 166 g/mol. The average Bonchev–Trinajstić information content (AvgIpc) is 2.34. The van der Waals surface area contributed by atoms with Gasteiger partial charge in [0.2, 0.25) is 0 Å². The highest BCUT2D eigenvalue weighted by molar-refractivity contribution is 7.80. The first kappa shape index (κ1) is 6.36. The summed E-state index contributed by atoms with van der Waals surface area (Å²) in [5.74, 6) is 1.52. The third-order valence-corrected chi connectivity index (χ3v) is 1.60. The van der Waals surface area contributed by atoms with Crippen molar-refractivity contribution in [1.82, 2.24) is 15.1 Å². The number of nitrogens with zero attached hydrogens (tertiary/aromatic N) is 2. The summed E-state index contributed by atoms with van der Waals surface area (Å²) < 4.78 is 1.65. The lowest BCUT2D eigenvalue weighted by Gasteiger charge is -2.19. The zero-order chi connectivity index (χ0) is 7.84. The van der Waals surface area contributed by atoms with Crippen LogP contribution in [-0.4, -0.2) is 14.9 Å². The summed E-state index contributed by atoms with van der Waals surface area (Å²) >= 11 is 4.90. The van der Waals surface area contributed by atoms with Gasteiger partial charge in [0.1, 0.15) is 11.6 Å². The number of anilines is 1. The molecule has 0 aliphatic carbocycles. The molecule has 2 rings (SSSR count). The van der Waals surface area contributed by atoms with E-state index in [4.69, 9.17) is 12.2 Å². The molecule has 0 spiro atoms. The van der Waals surface area contributed by atoms with E-state index >= 15 is 0 Å². The molecule has 1 aromatic rings. The lowest BCUT2D eigenvalue weighted by molar-refractivity contribution is 0.860. The fourth-order valence-electron chi connectivity index (χ4n) is 0.945. The summed E-state index contributed by atoms with van der Waals surface area (Å²) in [5.41, 5.74) is 0. The van der Waals surface area contributed by atoms with Crippen molar-refractivity contribution in [2.45, 2.75) is 0 Å². The smallest absolute Gasteiger partial charge is 0.177 e. The molecular weight excluding hydrogens is 160 g/mol. The van der Waals surface area contributed by atoms with E-state index in [9.17, 15) is 0 Å². The van der Waals surface area contributed by atoms with Gasteiger partial charge >= 0.3 is 0 Å². The summed E-state index contributed by atoms with van der Waals surface area (Å²) in [4.78, 5) is 0. The van der Waals surface area contributed by atoms with Crippen molar-refractivity contribution in [3.63, 3.8) is 0 Å². The summed E-state index contributed by atoms with van der Waals surface area (Å²) in [5, 5.41) is 10.3. The highest BCUT2D eigenvalue weighted by Gasteiger charge is 2.13. The van der Waals surface area contributed by atoms with E-state index in [0.29, 0.717) is 10.9 Å². The van der Waals surface area contributed by atoms with Crippen LogP contribution in [0.2, 0.25) is 0 Å². The molecule has 0 aromatic carbocycles. The van der Waals surface area contributed by atoms with Crippen molar-refractivity contribution in [1.29, 1.82) is 0 Å². The fourth-order valence-corrected chi connectivity index (χ4v) is 1.17. The Balaban J connectivity index is 2.52. The van der Waals surface area contributed by atoms with E-state index < -0.39 is 0 Å². The van der Waals surface area contributed by atoms with Crippen LogP contribution < -0.4 is 10.6 Å². The number of hydrogen-bond acceptors (Lipinski definition) is 2. The first-order chi connectivity index (χ1) is 5.27. The van der Waals surface area contributed by atoms with Crippen LogP contribution >= 0.6 is 12.2 Å². The number of thiocarbonyl (C=S) groups is 1. The van der Waals surface area contributed by atoms with Crippen LogP contribution in [0.5, 0.6) is 0 Å². The quantitative estimate of drug-likeness (QED) is 0.554. The Labute approximate surface area is 68.9 Å². The molecule has 1 aliphatic heterocycles. The minimum Gasteiger partial charge on any atom is -0.318 e. The molecule has 5 heteroatoms. The fraction of sp³-hybridized carbons (Fsp3) is 0. The lowest BCUT2D eigenvalue weighted by atomic mass is 10.5. The van der Waals surface area contributed by atoms with Gasteiger partial charge in [-0.1, -0.05) is 6.58 Å². The van der Waals surface area contributed by atoms with Crippen LogP contribution in [0.3, 0.4) is 0 Å². The molecule has 1 aliphatic rings. The molecule has 0 radical (unpaired) electrons. The molecule has 0 atom stereocenters. The van der Waals surface area contributed by atoms with Crippen molar-refractivity contribution in [3.05, 3.63) is 18.8 Å². The maximum absolute atomic E-state index is 4.90. The third kappa shape index (κ3) is 0.894. The Morgan fingerprint density at radius 3 is 3.18 bits per heavy atom. The number of nitrogens with one attached hydrogen (secondary N) is 2. The van der Waals surface area contributed by atoms with E-state index in [1.165, 1.54) is 0 Å². The topological polar surface area (TPSA) is 41.9 Å². The molecule has 0 fully saturated rings. The Morgan fingerprint density at radius 2 is 2.36 bits per heavy atom. The Morgan fingerprint density at radius 1 is 1.55 bits per heavy atom. The van der Waals surface area contributed by atoms with Crippen molar-refractivity contribution < 1.29 is 0 Å². The Kier molecular flexibility index (Phi) is 1.19. The van der Waals surface area contributed by atoms with Gasteiger partial charge < -0.3 is 10.6 Å². The van der Waals surface area contributed by atoms with Gasteiger partial charge in [-0.3, -0.25) is 0 Å². The molecule has 0 saturated heterocycles. The zero-order valence-corrected chi connectivity index (χ0v) is 6.48. The van der Waals surface area contributed by atoms with Gasteiger partial charge in [0.05, 0.1) is 6.20 Å². The molecule has 2 N–H and O–H groups in total. The van der Waals surface area contributed by atoms with E-state index in [-0.39, 0.29) is 0 Å². The maximum Gasteiger partial charge on any atom is 0.177 e. The molecule has 0 amide bonds. The van der Waals surface area contributed by atoms with Crippen LogP contribution in [0.15, 0.2) is 18.8 Å². The molecule has 1 aromatic heterocycles. The number of rotatable bonds is 0. The van der Waals surface area contributed by atoms with E-state index in [2.05, 4.69) is 22.3 Å². The Hall–Kier alpha value is -1.36. The van der Waals surface area contributed by atoms with E-state index in [1.54, 1.807) is 10.9 Å². The molecule has 0 unspecified atom stereocenters. The SMILES string of the molecule is C=C1NC(=S)Nc2ccnn21. The van der Waals surface area contributed by atoms with Crippen molar-refractivity contribution in [3.8, 4) is 0 Å². The second-order valence-electron chi connectivity index (χ2n) is 2.15. The second-order valence-corrected chi connectivity index (χ2v) is 2.56. The van der Waals surface area contributed by atoms with Crippen molar-refractivity contribution in [2.24, 2.45) is 0 Å². The van der Waals surface area contributed by atoms with E-state index in [1.807, 2.05) is 6.07 Å². The first-order valence-corrected chi connectivity index (χ1v) is 3.49. The second kappa shape index (κ2) is 2.06. The molecule has 56 valence electrons. The lowest BCUT2D eigenvalue weighted by Crippen LogP contribution is -2.35. The summed E-state index contributed by atoms with van der Waals surface area (Å²) in [6, 6.07) is 1.83. The van der Waals surface area contributed by atoms with Crippen LogP contribution in [-0.2, 0) is 0 Å². The van der Waals surface area contributed by atoms with Gasteiger partial charge in [-0.25, -0.2) is 4.68 Å². The molecule has 11 heavy (non-hydrogen) atoms. The molecular formula is C6H6N4S. The standard InChI is InChI=1S/C6H6N4S/c1-4-8-6(11)9-5-2-3-7-10(4)5/h2-3H,1H2,(H2,8,9,11). The Bertz CT molecular complexity index is 327. The summed E-state index contributed by atoms with van der Waals surface area (Å²) in [6.45, 7) is 3.74. The predicted molar refractivity (Wildman–Crippen MR) is 46.9 cm³/mol. The van der Waals surface area contributed by atoms with Gasteiger partial charge in [0.15, 0.2) is 5.11 Å². The minimum atomic E-state index is 0.558. The molecule has 0 bridgehead atoms. The van der Waals surface area contributed by atoms with Gasteiger partial charge in [0.25, 0.3) is 0 Å². The highest BCUT2D eigenvalue weighted by Crippen LogP contribution is 2.13. The zero-order valence-electron chi connectivity index (χ0n) is 5.66. The third-order valence-electron chi connectivity index (χ3n) is 1.40. The molecule has 4 nitrogen and oxygen atoms in total. The van der Waals surface area contributed by atoms with E-state index in [0.717, 1.165) is 5.82 Å². The van der Waals surface area contributed by atoms with Crippen LogP contribution in [0.4, 0.5) is 5.82 Å². The van der Waals surface area contributed by atoms with Crippen molar-refractivity contribution >= 4 is 29.0 Å². The van der Waals surface area contributed by atoms with Crippen LogP contribution in [0.25, 0.3) is 5.82 Å². The average molecular weight is 166 g/mol. The summed E-state index contributed by atoms with van der Waals surface area (Å²) in [6.07, 6.45) is 1.68. The van der Waals surface area contributed by atoms with Gasteiger partial charge in [0, 0.05) is 6.07 Å². The van der Waals surface area contributed by atoms with Crippen LogP contribution in [0, 0.1) is 0 Å². The predicted octanol–water partition coefficient (Wildman–Crippen LogP) is 0.611. The van der Waals surface area contributed by atoms with Crippen LogP contribution in [0.1, 0.15) is 0 Å². The maximum atomic E-state index is 4.90. The largest absolute Gasteiger partial charge is 0.318 e. The molecule has 2 heterocycles. The number of fused-ring (bicyclic) bond motifs is 1. The summed E-state index contributed by atoms with van der Waals surface area (Å²) in [7, 11) is 0. The van der Waals surface area contributed by atoms with Gasteiger partial charge in [-0.15, -0.1) is 0 Å². The normalized spacial score (nSPS) is 15.3. The van der Waals surface area contributed by atoms with Crippen molar-refractivity contribution in [2.75, 3.05) is 5.32 Å². The van der Waals surface area contributed by atoms with Gasteiger partial charge in [-0.2, -0.15) is 5.10 Å².